The Kier molecular flexibility index (Phi) is 17.5. The van der Waals surface area contributed by atoms with Gasteiger partial charge >= 0.3 is 0 Å². The summed E-state index contributed by atoms with van der Waals surface area (Å²) < 4.78 is 1.23. The molecule has 3 heteroatoms. The van der Waals surface area contributed by atoms with Crippen LogP contribution in [-0.4, -0.2) is 42.9 Å². The summed E-state index contributed by atoms with van der Waals surface area (Å²) in [4.78, 5) is 0. The third-order valence-electron chi connectivity index (χ3n) is 4.21. The van der Waals surface area contributed by atoms with Gasteiger partial charge in [-0.15, -0.1) is 0 Å². The van der Waals surface area contributed by atoms with Gasteiger partial charge in [0.05, 0.1) is 26.7 Å². The molecular weight excluding hydrogens is 270 g/mol. The largest absolute Gasteiger partial charge is 1.00 e. The highest BCUT2D eigenvalue weighted by Crippen LogP contribution is 2.13. The van der Waals surface area contributed by atoms with Gasteiger partial charge < -0.3 is 22.0 Å². The Bertz CT molecular complexity index is 176. The number of aliphatic hydroxyl groups is 1. The van der Waals surface area contributed by atoms with Gasteiger partial charge in [-0.2, -0.15) is 0 Å². The van der Waals surface area contributed by atoms with Crippen LogP contribution < -0.4 is 12.4 Å². The first-order valence-electron chi connectivity index (χ1n) is 8.63. The molecule has 0 aromatic carbocycles. The van der Waals surface area contributed by atoms with Gasteiger partial charge in [0.2, 0.25) is 0 Å². The maximum Gasteiger partial charge on any atom is 0.0785 e. The quantitative estimate of drug-likeness (QED) is 0.380. The van der Waals surface area contributed by atoms with E-state index in [2.05, 4.69) is 20.9 Å². The Balaban J connectivity index is 0. The average Bonchev–Trinajstić information content (AvgIpc) is 2.41. The maximum atomic E-state index is 8.95. The molecule has 1 N–H and O–H groups in total. The Morgan fingerprint density at radius 3 is 1.40 bits per heavy atom. The van der Waals surface area contributed by atoms with E-state index in [1.54, 1.807) is 0 Å². The number of nitrogens with zero attached hydrogens (tertiary/aromatic N) is 1. The van der Waals surface area contributed by atoms with Crippen molar-refractivity contribution < 1.29 is 22.0 Å². The third kappa shape index (κ3) is 13.2. The van der Waals surface area contributed by atoms with Gasteiger partial charge in [0, 0.05) is 6.61 Å². The number of unbranched alkanes of at least 4 members (excludes halogenated alkanes) is 7. The smallest absolute Gasteiger partial charge is 0.0785 e. The fourth-order valence-corrected chi connectivity index (χ4v) is 2.78. The SMILES string of the molecule is CCCCCC[N+](C)(CCCCO)CCCCCC.[Cl-]. The lowest BCUT2D eigenvalue weighted by molar-refractivity contribution is -0.910. The molecule has 0 atom stereocenters. The van der Waals surface area contributed by atoms with Crippen molar-refractivity contribution in [2.75, 3.05) is 33.3 Å². The van der Waals surface area contributed by atoms with Crippen LogP contribution in [0.2, 0.25) is 0 Å². The number of hydrogen-bond acceptors (Lipinski definition) is 1. The summed E-state index contributed by atoms with van der Waals surface area (Å²) in [7, 11) is 2.43. The van der Waals surface area contributed by atoms with Crippen LogP contribution in [0.4, 0.5) is 0 Å². The van der Waals surface area contributed by atoms with E-state index in [1.807, 2.05) is 0 Å². The van der Waals surface area contributed by atoms with Gasteiger partial charge in [-0.3, -0.25) is 0 Å². The minimum Gasteiger partial charge on any atom is -1.00 e. The van der Waals surface area contributed by atoms with Gasteiger partial charge in [-0.1, -0.05) is 39.5 Å². The summed E-state index contributed by atoms with van der Waals surface area (Å²) in [6.45, 7) is 8.82. The predicted octanol–water partition coefficient (Wildman–Crippen LogP) is 1.37. The Labute approximate surface area is 133 Å². The van der Waals surface area contributed by atoms with Crippen molar-refractivity contribution in [3.05, 3.63) is 0 Å². The Hall–Kier alpha value is 0.210. The van der Waals surface area contributed by atoms with E-state index in [1.165, 1.54) is 81.9 Å². The Morgan fingerprint density at radius 2 is 1.05 bits per heavy atom. The van der Waals surface area contributed by atoms with Gasteiger partial charge in [-0.25, -0.2) is 0 Å². The zero-order chi connectivity index (χ0) is 14.4. The van der Waals surface area contributed by atoms with Crippen LogP contribution >= 0.6 is 0 Å². The van der Waals surface area contributed by atoms with E-state index in [-0.39, 0.29) is 12.4 Å². The third-order valence-corrected chi connectivity index (χ3v) is 4.21. The first-order valence-corrected chi connectivity index (χ1v) is 8.63. The molecule has 0 unspecified atom stereocenters. The van der Waals surface area contributed by atoms with E-state index in [0.29, 0.717) is 6.61 Å². The first-order chi connectivity index (χ1) is 9.18. The number of halogens is 1. The summed E-state index contributed by atoms with van der Waals surface area (Å²) in [5.41, 5.74) is 0. The lowest BCUT2D eigenvalue weighted by atomic mass is 10.1. The van der Waals surface area contributed by atoms with Crippen LogP contribution in [0.3, 0.4) is 0 Å². The van der Waals surface area contributed by atoms with E-state index < -0.39 is 0 Å². The van der Waals surface area contributed by atoms with Crippen LogP contribution in [0.15, 0.2) is 0 Å². The predicted molar refractivity (Wildman–Crippen MR) is 85.4 cm³/mol. The molecule has 0 aliphatic carbocycles. The molecule has 0 heterocycles. The first kappa shape index (κ1) is 22.5. The van der Waals surface area contributed by atoms with Crippen LogP contribution in [0.25, 0.3) is 0 Å². The summed E-state index contributed by atoms with van der Waals surface area (Å²) in [6, 6.07) is 0. The summed E-state index contributed by atoms with van der Waals surface area (Å²) >= 11 is 0. The molecule has 0 aliphatic rings. The van der Waals surface area contributed by atoms with Crippen LogP contribution in [0, 0.1) is 0 Å². The highest BCUT2D eigenvalue weighted by atomic mass is 35.5. The molecule has 0 aromatic rings. The van der Waals surface area contributed by atoms with E-state index in [0.717, 1.165) is 6.42 Å². The Morgan fingerprint density at radius 1 is 0.650 bits per heavy atom. The molecule has 2 nitrogen and oxygen atoms in total. The molecule has 20 heavy (non-hydrogen) atoms. The number of aliphatic hydroxyl groups excluding tert-OH is 1. The lowest BCUT2D eigenvalue weighted by Crippen LogP contribution is -3.00. The van der Waals surface area contributed by atoms with E-state index in [4.69, 9.17) is 5.11 Å². The standard InChI is InChI=1S/C17H38NO.ClH/c1-4-6-8-10-14-18(3,16-12-13-17-19)15-11-9-7-5-2;/h19H,4-17H2,1-3H3;1H/q+1;/p-1. The second kappa shape index (κ2) is 15.6. The minimum atomic E-state index is 0. The van der Waals surface area contributed by atoms with E-state index >= 15 is 0 Å². The fraction of sp³-hybridized carbons (Fsp3) is 1.00. The van der Waals surface area contributed by atoms with Gasteiger partial charge in [0.25, 0.3) is 0 Å². The molecule has 124 valence electrons. The highest BCUT2D eigenvalue weighted by molar-refractivity contribution is 4.48. The van der Waals surface area contributed by atoms with Crippen molar-refractivity contribution in [3.8, 4) is 0 Å². The molecule has 0 rings (SSSR count). The number of hydrogen-bond donors (Lipinski definition) is 1. The minimum absolute atomic E-state index is 0. The summed E-state index contributed by atoms with van der Waals surface area (Å²) in [6.07, 6.45) is 13.1. The van der Waals surface area contributed by atoms with Crippen LogP contribution in [0.1, 0.15) is 78.1 Å². The summed E-state index contributed by atoms with van der Waals surface area (Å²) in [5.74, 6) is 0. The maximum absolute atomic E-state index is 8.95. The molecular formula is C17H38ClNO. The van der Waals surface area contributed by atoms with Gasteiger partial charge in [0.1, 0.15) is 0 Å². The monoisotopic (exact) mass is 307 g/mol. The molecule has 0 radical (unpaired) electrons. The average molecular weight is 308 g/mol. The van der Waals surface area contributed by atoms with Crippen molar-refractivity contribution in [2.24, 2.45) is 0 Å². The molecule has 0 saturated heterocycles. The highest BCUT2D eigenvalue weighted by Gasteiger charge is 2.19. The molecule has 0 aliphatic heterocycles. The molecule has 0 spiro atoms. The fourth-order valence-electron chi connectivity index (χ4n) is 2.78. The van der Waals surface area contributed by atoms with Crippen molar-refractivity contribution >= 4 is 0 Å². The van der Waals surface area contributed by atoms with Crippen molar-refractivity contribution in [3.63, 3.8) is 0 Å². The van der Waals surface area contributed by atoms with Crippen molar-refractivity contribution in [1.82, 2.24) is 0 Å². The van der Waals surface area contributed by atoms with E-state index in [9.17, 15) is 0 Å². The van der Waals surface area contributed by atoms with Gasteiger partial charge in [-0.05, 0) is 38.5 Å². The lowest BCUT2D eigenvalue weighted by Gasteiger charge is -2.35. The number of quaternary nitrogens is 1. The van der Waals surface area contributed by atoms with Gasteiger partial charge in [0.15, 0.2) is 0 Å². The van der Waals surface area contributed by atoms with Crippen molar-refractivity contribution in [1.29, 1.82) is 0 Å². The molecule has 0 fully saturated rings. The van der Waals surface area contributed by atoms with Crippen molar-refractivity contribution in [2.45, 2.75) is 78.1 Å². The second-order valence-electron chi connectivity index (χ2n) is 6.34. The molecule has 0 saturated carbocycles. The van der Waals surface area contributed by atoms with Crippen LogP contribution in [-0.2, 0) is 0 Å². The second-order valence-corrected chi connectivity index (χ2v) is 6.34. The summed E-state index contributed by atoms with van der Waals surface area (Å²) in [5, 5.41) is 8.95. The zero-order valence-electron chi connectivity index (χ0n) is 14.2. The zero-order valence-corrected chi connectivity index (χ0v) is 14.9. The normalized spacial score (nSPS) is 11.4. The molecule has 0 aromatic heterocycles. The molecule has 0 amide bonds. The molecule has 0 bridgehead atoms. The number of rotatable bonds is 14. The van der Waals surface area contributed by atoms with Crippen LogP contribution in [0.5, 0.6) is 0 Å². The topological polar surface area (TPSA) is 20.2 Å².